The molecule has 2 amide bonds. The maximum Gasteiger partial charge on any atom is 0.266 e. The summed E-state index contributed by atoms with van der Waals surface area (Å²) >= 11 is 0. The van der Waals surface area contributed by atoms with Crippen LogP contribution in [0, 0.1) is 29.1 Å². The van der Waals surface area contributed by atoms with Crippen LogP contribution in [0.25, 0.3) is 0 Å². The number of hydrogen-bond acceptors (Lipinski definition) is 4. The molecule has 2 aromatic rings. The van der Waals surface area contributed by atoms with Gasteiger partial charge in [-0.3, -0.25) is 14.8 Å². The number of phenolic OH excluding ortho intramolecular Hbond substituents is 1. The third kappa shape index (κ3) is 6.05. The molecule has 0 aliphatic heterocycles. The molecule has 0 bridgehead atoms. The van der Waals surface area contributed by atoms with Crippen LogP contribution in [-0.4, -0.2) is 34.6 Å². The monoisotopic (exact) mass is 426 g/mol. The van der Waals surface area contributed by atoms with Crippen LogP contribution in [0.3, 0.4) is 0 Å². The zero-order valence-electron chi connectivity index (χ0n) is 16.7. The summed E-state index contributed by atoms with van der Waals surface area (Å²) in [7, 11) is 0. The fourth-order valence-electron chi connectivity index (χ4n) is 2.48. The van der Waals surface area contributed by atoms with Gasteiger partial charge < -0.3 is 10.4 Å². The first kappa shape index (κ1) is 23.4. The van der Waals surface area contributed by atoms with Gasteiger partial charge in [-0.2, -0.15) is 0 Å². The van der Waals surface area contributed by atoms with Gasteiger partial charge in [0, 0.05) is 11.1 Å². The van der Waals surface area contributed by atoms with Crippen LogP contribution in [0.2, 0.25) is 0 Å². The number of para-hydroxylation sites is 1. The maximum atomic E-state index is 13.3. The summed E-state index contributed by atoms with van der Waals surface area (Å²) in [6.07, 6.45) is -2.92. The van der Waals surface area contributed by atoms with E-state index in [0.29, 0.717) is 11.1 Å². The largest absolute Gasteiger partial charge is 0.507 e. The van der Waals surface area contributed by atoms with Crippen molar-refractivity contribution in [2.24, 2.45) is 5.41 Å². The molecular weight excluding hydrogens is 406 g/mol. The Bertz CT molecular complexity index is 1070. The van der Waals surface area contributed by atoms with Crippen molar-refractivity contribution >= 4 is 11.8 Å². The standard InChI is InChI=1S/C23H20F2N2O4/c1-23(2,22(24)25)19(21(30)27-31)26-20(29)17-13-11-15(12-14-17)7-3-4-8-16-9-5-6-10-18(16)28/h5-6,9-14,19,22,28,31H,1-2H3,(H,26,29)(H,27,30)/t19-/m1/s1. The van der Waals surface area contributed by atoms with E-state index in [4.69, 9.17) is 5.21 Å². The van der Waals surface area contributed by atoms with Crippen molar-refractivity contribution in [3.63, 3.8) is 0 Å². The molecule has 0 fully saturated rings. The lowest BCUT2D eigenvalue weighted by molar-refractivity contribution is -0.137. The van der Waals surface area contributed by atoms with Crippen molar-refractivity contribution < 1.29 is 28.7 Å². The van der Waals surface area contributed by atoms with Gasteiger partial charge in [0.1, 0.15) is 11.8 Å². The van der Waals surface area contributed by atoms with Gasteiger partial charge in [-0.1, -0.05) is 31.9 Å². The second-order valence-corrected chi connectivity index (χ2v) is 7.10. The Labute approximate surface area is 178 Å². The van der Waals surface area contributed by atoms with E-state index in [-0.39, 0.29) is 11.3 Å². The van der Waals surface area contributed by atoms with Crippen molar-refractivity contribution in [1.82, 2.24) is 10.8 Å². The molecule has 0 radical (unpaired) electrons. The Hall–Kier alpha value is -3.88. The van der Waals surface area contributed by atoms with Crippen LogP contribution < -0.4 is 10.8 Å². The normalized spacial score (nSPS) is 11.4. The SMILES string of the molecule is CC(C)(C(F)F)[C@H](NC(=O)c1ccc(C#CC#Cc2ccccc2O)cc1)C(=O)NO. The Kier molecular flexibility index (Phi) is 7.73. The van der Waals surface area contributed by atoms with Gasteiger partial charge in [0.15, 0.2) is 0 Å². The predicted molar refractivity (Wildman–Crippen MR) is 109 cm³/mol. The van der Waals surface area contributed by atoms with Crippen LogP contribution in [-0.2, 0) is 4.79 Å². The number of benzene rings is 2. The second kappa shape index (κ2) is 10.2. The van der Waals surface area contributed by atoms with E-state index in [2.05, 4.69) is 29.0 Å². The van der Waals surface area contributed by atoms with E-state index in [1.54, 1.807) is 18.2 Å². The number of hydroxylamine groups is 1. The zero-order valence-corrected chi connectivity index (χ0v) is 16.7. The van der Waals surface area contributed by atoms with E-state index in [9.17, 15) is 23.5 Å². The molecule has 6 nitrogen and oxygen atoms in total. The first-order valence-electron chi connectivity index (χ1n) is 9.10. The number of aromatic hydroxyl groups is 1. The molecule has 2 aromatic carbocycles. The Morgan fingerprint density at radius 3 is 2.19 bits per heavy atom. The third-order valence-electron chi connectivity index (χ3n) is 4.47. The highest BCUT2D eigenvalue weighted by atomic mass is 19.3. The zero-order chi connectivity index (χ0) is 23.0. The molecule has 0 aliphatic carbocycles. The van der Waals surface area contributed by atoms with Crippen LogP contribution in [0.1, 0.15) is 35.3 Å². The molecule has 0 unspecified atom stereocenters. The molecule has 4 N–H and O–H groups in total. The molecule has 160 valence electrons. The van der Waals surface area contributed by atoms with Crippen LogP contribution in [0.5, 0.6) is 5.75 Å². The minimum atomic E-state index is -2.92. The molecule has 0 heterocycles. The number of phenols is 1. The van der Waals surface area contributed by atoms with E-state index in [1.165, 1.54) is 35.8 Å². The van der Waals surface area contributed by atoms with Crippen molar-refractivity contribution in [3.05, 3.63) is 65.2 Å². The lowest BCUT2D eigenvalue weighted by Crippen LogP contribution is -2.56. The van der Waals surface area contributed by atoms with Gasteiger partial charge in [-0.25, -0.2) is 14.3 Å². The fraction of sp³-hybridized carbons (Fsp3) is 0.217. The summed E-state index contributed by atoms with van der Waals surface area (Å²) in [4.78, 5) is 24.2. The van der Waals surface area contributed by atoms with Gasteiger partial charge in [-0.15, -0.1) is 0 Å². The molecule has 0 aliphatic rings. The lowest BCUT2D eigenvalue weighted by Gasteiger charge is -2.32. The summed E-state index contributed by atoms with van der Waals surface area (Å²) in [5.74, 6) is 8.87. The summed E-state index contributed by atoms with van der Waals surface area (Å²) in [5.41, 5.74) is 0.486. The Morgan fingerprint density at radius 2 is 1.61 bits per heavy atom. The molecule has 31 heavy (non-hydrogen) atoms. The fourth-order valence-corrected chi connectivity index (χ4v) is 2.48. The molecule has 1 atom stereocenters. The van der Waals surface area contributed by atoms with Crippen molar-refractivity contribution in [2.45, 2.75) is 26.3 Å². The van der Waals surface area contributed by atoms with Gasteiger partial charge in [0.25, 0.3) is 11.8 Å². The Morgan fingerprint density at radius 1 is 1.00 bits per heavy atom. The Balaban J connectivity index is 2.12. The minimum absolute atomic E-state index is 0.0513. The number of carbonyl (C=O) groups is 2. The number of nitrogens with one attached hydrogen (secondary N) is 2. The number of halogens is 2. The summed E-state index contributed by atoms with van der Waals surface area (Å²) < 4.78 is 26.6. The molecule has 0 saturated heterocycles. The average Bonchev–Trinajstić information content (AvgIpc) is 2.75. The minimum Gasteiger partial charge on any atom is -0.507 e. The highest BCUT2D eigenvalue weighted by molar-refractivity contribution is 5.97. The van der Waals surface area contributed by atoms with Crippen LogP contribution in [0.4, 0.5) is 8.78 Å². The van der Waals surface area contributed by atoms with E-state index in [1.807, 2.05) is 0 Å². The van der Waals surface area contributed by atoms with Gasteiger partial charge in [-0.05, 0) is 54.2 Å². The summed E-state index contributed by atoms with van der Waals surface area (Å²) in [6, 6.07) is 10.8. The van der Waals surface area contributed by atoms with Gasteiger partial charge >= 0.3 is 0 Å². The first-order valence-corrected chi connectivity index (χ1v) is 9.10. The second-order valence-electron chi connectivity index (χ2n) is 7.10. The quantitative estimate of drug-likeness (QED) is 0.336. The number of amides is 2. The van der Waals surface area contributed by atoms with E-state index in [0.717, 1.165) is 13.8 Å². The van der Waals surface area contributed by atoms with Crippen molar-refractivity contribution in [2.75, 3.05) is 0 Å². The maximum absolute atomic E-state index is 13.3. The van der Waals surface area contributed by atoms with Gasteiger partial charge in [0.2, 0.25) is 6.43 Å². The molecule has 8 heteroatoms. The number of alkyl halides is 2. The van der Waals surface area contributed by atoms with E-state index >= 15 is 0 Å². The molecule has 2 rings (SSSR count). The predicted octanol–water partition coefficient (Wildman–Crippen LogP) is 2.69. The van der Waals surface area contributed by atoms with Crippen LogP contribution in [0.15, 0.2) is 48.5 Å². The van der Waals surface area contributed by atoms with Crippen molar-refractivity contribution in [3.8, 4) is 29.4 Å². The molecular formula is C23H20F2N2O4. The van der Waals surface area contributed by atoms with Gasteiger partial charge in [0.05, 0.1) is 11.0 Å². The lowest BCUT2D eigenvalue weighted by atomic mass is 9.84. The highest BCUT2D eigenvalue weighted by Gasteiger charge is 2.43. The smallest absolute Gasteiger partial charge is 0.266 e. The summed E-state index contributed by atoms with van der Waals surface area (Å²) in [5, 5.41) is 20.7. The molecule has 0 spiro atoms. The topological polar surface area (TPSA) is 98.7 Å². The van der Waals surface area contributed by atoms with E-state index < -0.39 is 29.7 Å². The highest BCUT2D eigenvalue weighted by Crippen LogP contribution is 2.29. The third-order valence-corrected chi connectivity index (χ3v) is 4.47. The molecule has 0 aromatic heterocycles. The number of carbonyl (C=O) groups excluding carboxylic acids is 2. The van der Waals surface area contributed by atoms with Crippen LogP contribution >= 0.6 is 0 Å². The summed E-state index contributed by atoms with van der Waals surface area (Å²) in [6.45, 7) is 2.21. The number of rotatable bonds is 5. The average molecular weight is 426 g/mol. The van der Waals surface area contributed by atoms with Crippen molar-refractivity contribution in [1.29, 1.82) is 0 Å². The molecule has 0 saturated carbocycles. The number of hydrogen-bond donors (Lipinski definition) is 4. The first-order chi connectivity index (χ1) is 14.7.